The van der Waals surface area contributed by atoms with Gasteiger partial charge in [-0.05, 0) is 18.6 Å². The monoisotopic (exact) mass is 223 g/mol. The maximum absolute atomic E-state index is 11.2. The van der Waals surface area contributed by atoms with Crippen LogP contribution < -0.4 is 21.7 Å². The number of rotatable bonds is 4. The summed E-state index contributed by atoms with van der Waals surface area (Å²) in [5, 5.41) is 0. The second kappa shape index (κ2) is 5.48. The molecule has 5 heteroatoms. The Labute approximate surface area is 94.7 Å². The molecule has 5 N–H and O–H groups in total. The van der Waals surface area contributed by atoms with Gasteiger partial charge >= 0.3 is 0 Å². The van der Waals surface area contributed by atoms with E-state index in [1.54, 1.807) is 7.11 Å². The Morgan fingerprint density at radius 2 is 2.25 bits per heavy atom. The number of hydrogen-bond donors (Lipinski definition) is 3. The second-order valence-corrected chi connectivity index (χ2v) is 3.63. The minimum atomic E-state index is -0.666. The zero-order chi connectivity index (χ0) is 12.1. The van der Waals surface area contributed by atoms with E-state index in [1.807, 2.05) is 30.5 Å². The first-order valence-corrected chi connectivity index (χ1v) is 4.98. The van der Waals surface area contributed by atoms with Gasteiger partial charge < -0.3 is 10.5 Å². The van der Waals surface area contributed by atoms with Crippen molar-refractivity contribution in [3.63, 3.8) is 0 Å². The number of carbonyl (C=O) groups is 1. The molecule has 88 valence electrons. The van der Waals surface area contributed by atoms with Crippen LogP contribution in [-0.2, 0) is 11.2 Å². The summed E-state index contributed by atoms with van der Waals surface area (Å²) in [6.45, 7) is 1.97. The van der Waals surface area contributed by atoms with Crippen LogP contribution >= 0.6 is 0 Å². The zero-order valence-corrected chi connectivity index (χ0v) is 9.49. The minimum absolute atomic E-state index is 0.386. The standard InChI is InChI=1S/C11H17N3O2/c1-7-3-4-10(16-2)8(5-7)6-9(12)11(15)14-13/h3-5,9H,6,12-13H2,1-2H3,(H,14,15). The van der Waals surface area contributed by atoms with Crippen LogP contribution in [0.4, 0.5) is 0 Å². The van der Waals surface area contributed by atoms with Crippen molar-refractivity contribution in [1.29, 1.82) is 0 Å². The second-order valence-electron chi connectivity index (χ2n) is 3.63. The molecule has 0 heterocycles. The fraction of sp³-hybridized carbons (Fsp3) is 0.364. The highest BCUT2D eigenvalue weighted by Gasteiger charge is 2.15. The summed E-state index contributed by atoms with van der Waals surface area (Å²) in [5.74, 6) is 5.36. The van der Waals surface area contributed by atoms with Gasteiger partial charge in [0.05, 0.1) is 13.2 Å². The number of benzene rings is 1. The van der Waals surface area contributed by atoms with Gasteiger partial charge in [-0.1, -0.05) is 17.7 Å². The Bertz CT molecular complexity index is 379. The molecule has 0 aromatic heterocycles. The summed E-state index contributed by atoms with van der Waals surface area (Å²) in [6, 6.07) is 5.08. The molecule has 1 amide bonds. The molecule has 0 aliphatic heterocycles. The van der Waals surface area contributed by atoms with Gasteiger partial charge in [-0.2, -0.15) is 0 Å². The number of nitrogens with two attached hydrogens (primary N) is 2. The first kappa shape index (κ1) is 12.5. The molecule has 0 radical (unpaired) electrons. The molecule has 1 rings (SSSR count). The number of hydrazine groups is 1. The van der Waals surface area contributed by atoms with E-state index in [4.69, 9.17) is 16.3 Å². The van der Waals surface area contributed by atoms with Gasteiger partial charge in [-0.15, -0.1) is 0 Å². The fourth-order valence-corrected chi connectivity index (χ4v) is 1.50. The molecule has 1 atom stereocenters. The number of nitrogens with one attached hydrogen (secondary N) is 1. The van der Waals surface area contributed by atoms with E-state index >= 15 is 0 Å². The van der Waals surface area contributed by atoms with Gasteiger partial charge in [0.25, 0.3) is 5.91 Å². The number of hydrogen-bond acceptors (Lipinski definition) is 4. The fourth-order valence-electron chi connectivity index (χ4n) is 1.50. The van der Waals surface area contributed by atoms with E-state index in [-0.39, 0.29) is 5.91 Å². The SMILES string of the molecule is COc1ccc(C)cc1CC(N)C(=O)NN. The third-order valence-electron chi connectivity index (χ3n) is 2.35. The molecule has 0 bridgehead atoms. The predicted molar refractivity (Wildman–Crippen MR) is 61.7 cm³/mol. The summed E-state index contributed by atoms with van der Waals surface area (Å²) in [6.07, 6.45) is 0.397. The largest absolute Gasteiger partial charge is 0.496 e. The highest BCUT2D eigenvalue weighted by atomic mass is 16.5. The van der Waals surface area contributed by atoms with E-state index < -0.39 is 6.04 Å². The van der Waals surface area contributed by atoms with Crippen molar-refractivity contribution in [3.05, 3.63) is 29.3 Å². The molecule has 0 saturated heterocycles. The lowest BCUT2D eigenvalue weighted by atomic mass is 10.0. The van der Waals surface area contributed by atoms with Crippen LogP contribution in [-0.4, -0.2) is 19.1 Å². The van der Waals surface area contributed by atoms with E-state index in [0.29, 0.717) is 6.42 Å². The van der Waals surface area contributed by atoms with Crippen molar-refractivity contribution in [3.8, 4) is 5.75 Å². The highest BCUT2D eigenvalue weighted by molar-refractivity contribution is 5.81. The molecule has 1 aromatic carbocycles. The lowest BCUT2D eigenvalue weighted by Gasteiger charge is -2.13. The van der Waals surface area contributed by atoms with Crippen LogP contribution in [0.2, 0.25) is 0 Å². The molecular formula is C11H17N3O2. The van der Waals surface area contributed by atoms with Gasteiger partial charge in [0.1, 0.15) is 5.75 Å². The van der Waals surface area contributed by atoms with Crippen LogP contribution in [0, 0.1) is 6.92 Å². The van der Waals surface area contributed by atoms with Crippen molar-refractivity contribution in [2.75, 3.05) is 7.11 Å². The van der Waals surface area contributed by atoms with E-state index in [2.05, 4.69) is 0 Å². The van der Waals surface area contributed by atoms with Gasteiger partial charge in [-0.25, -0.2) is 5.84 Å². The molecule has 1 aromatic rings. The maximum Gasteiger partial charge on any atom is 0.251 e. The van der Waals surface area contributed by atoms with Crippen LogP contribution in [0.1, 0.15) is 11.1 Å². The summed E-state index contributed by atoms with van der Waals surface area (Å²) < 4.78 is 5.20. The molecule has 0 aliphatic rings. The molecule has 5 nitrogen and oxygen atoms in total. The lowest BCUT2D eigenvalue weighted by Crippen LogP contribution is -2.45. The predicted octanol–water partition coefficient (Wildman–Crippen LogP) is -0.137. The number of methoxy groups -OCH3 is 1. The first-order valence-electron chi connectivity index (χ1n) is 4.98. The quantitative estimate of drug-likeness (QED) is 0.376. The van der Waals surface area contributed by atoms with Gasteiger partial charge in [0.15, 0.2) is 0 Å². The summed E-state index contributed by atoms with van der Waals surface area (Å²) in [4.78, 5) is 11.2. The van der Waals surface area contributed by atoms with Gasteiger partial charge in [0.2, 0.25) is 0 Å². The summed E-state index contributed by atoms with van der Waals surface area (Å²) in [7, 11) is 1.59. The summed E-state index contributed by atoms with van der Waals surface area (Å²) >= 11 is 0. The van der Waals surface area contributed by atoms with Crippen LogP contribution in [0.5, 0.6) is 5.75 Å². The number of amides is 1. The molecule has 16 heavy (non-hydrogen) atoms. The smallest absolute Gasteiger partial charge is 0.251 e. The topological polar surface area (TPSA) is 90.4 Å². The van der Waals surface area contributed by atoms with Crippen LogP contribution in [0.25, 0.3) is 0 Å². The molecule has 0 fully saturated rings. The van der Waals surface area contributed by atoms with Crippen molar-refractivity contribution >= 4 is 5.91 Å². The maximum atomic E-state index is 11.2. The normalized spacial score (nSPS) is 12.0. The molecule has 0 saturated carbocycles. The molecule has 0 aliphatic carbocycles. The third-order valence-corrected chi connectivity index (χ3v) is 2.35. The van der Waals surface area contributed by atoms with E-state index in [1.165, 1.54) is 0 Å². The van der Waals surface area contributed by atoms with Crippen molar-refractivity contribution in [2.45, 2.75) is 19.4 Å². The number of aryl methyl sites for hydroxylation is 1. The van der Waals surface area contributed by atoms with Crippen LogP contribution in [0.3, 0.4) is 0 Å². The number of ether oxygens (including phenoxy) is 1. The Hall–Kier alpha value is -1.59. The zero-order valence-electron chi connectivity index (χ0n) is 9.49. The van der Waals surface area contributed by atoms with Crippen molar-refractivity contribution < 1.29 is 9.53 Å². The third kappa shape index (κ3) is 2.95. The van der Waals surface area contributed by atoms with E-state index in [0.717, 1.165) is 16.9 Å². The average molecular weight is 223 g/mol. The van der Waals surface area contributed by atoms with Crippen molar-refractivity contribution in [1.82, 2.24) is 5.43 Å². The molecule has 0 spiro atoms. The Morgan fingerprint density at radius 3 is 2.81 bits per heavy atom. The molecular weight excluding hydrogens is 206 g/mol. The van der Waals surface area contributed by atoms with Crippen LogP contribution in [0.15, 0.2) is 18.2 Å². The summed E-state index contributed by atoms with van der Waals surface area (Å²) in [5.41, 5.74) is 9.71. The molecule has 1 unspecified atom stereocenters. The van der Waals surface area contributed by atoms with E-state index in [9.17, 15) is 4.79 Å². The highest BCUT2D eigenvalue weighted by Crippen LogP contribution is 2.20. The van der Waals surface area contributed by atoms with Gasteiger partial charge in [0, 0.05) is 6.42 Å². The minimum Gasteiger partial charge on any atom is -0.496 e. The Balaban J connectivity index is 2.86. The van der Waals surface area contributed by atoms with Crippen molar-refractivity contribution in [2.24, 2.45) is 11.6 Å². The average Bonchev–Trinajstić information content (AvgIpc) is 2.28. The Kier molecular flexibility index (Phi) is 4.28. The lowest BCUT2D eigenvalue weighted by molar-refractivity contribution is -0.122. The van der Waals surface area contributed by atoms with Gasteiger partial charge in [-0.3, -0.25) is 10.2 Å². The first-order chi connectivity index (χ1) is 7.58. The number of carbonyl (C=O) groups excluding carboxylic acids is 1. The Morgan fingerprint density at radius 1 is 1.56 bits per heavy atom.